The van der Waals surface area contributed by atoms with Gasteiger partial charge in [-0.15, -0.1) is 0 Å². The van der Waals surface area contributed by atoms with Gasteiger partial charge in [-0.2, -0.15) is 0 Å². The molecule has 124 valence electrons. The zero-order valence-corrected chi connectivity index (χ0v) is 16.0. The predicted molar refractivity (Wildman–Crippen MR) is 105 cm³/mol. The third-order valence-corrected chi connectivity index (χ3v) is 5.48. The van der Waals surface area contributed by atoms with Gasteiger partial charge in [-0.1, -0.05) is 44.0 Å². The van der Waals surface area contributed by atoms with Gasteiger partial charge in [0.15, 0.2) is 0 Å². The van der Waals surface area contributed by atoms with Gasteiger partial charge in [-0.3, -0.25) is 9.97 Å². The van der Waals surface area contributed by atoms with E-state index in [1.165, 1.54) is 0 Å². The van der Waals surface area contributed by atoms with E-state index in [4.69, 9.17) is 0 Å². The van der Waals surface area contributed by atoms with Crippen molar-refractivity contribution in [2.24, 2.45) is 0 Å². The topological polar surface area (TPSA) is 66.2 Å². The van der Waals surface area contributed by atoms with Crippen LogP contribution in [0.3, 0.4) is 0 Å². The van der Waals surface area contributed by atoms with Crippen LogP contribution in [0, 0.1) is 0 Å². The lowest BCUT2D eigenvalue weighted by Gasteiger charge is -2.12. The first kappa shape index (κ1) is 16.3. The van der Waals surface area contributed by atoms with Crippen LogP contribution in [0.1, 0.15) is 11.1 Å². The zero-order chi connectivity index (χ0) is 17.6. The van der Waals surface area contributed by atoms with E-state index in [9.17, 15) is 10.2 Å². The number of phenolic OH excluding ortho intramolecular Hbond substituents is 2. The molecule has 0 fully saturated rings. The number of phenols is 2. The maximum atomic E-state index is 10.6. The number of nitrogens with zero attached hydrogens (tertiary/aromatic N) is 2. The van der Waals surface area contributed by atoms with E-state index in [-0.39, 0.29) is 11.5 Å². The number of halogens is 2. The molecule has 2 aromatic heterocycles. The Hall–Kier alpha value is -2.18. The van der Waals surface area contributed by atoms with E-state index in [2.05, 4.69) is 41.8 Å². The van der Waals surface area contributed by atoms with Gasteiger partial charge in [0.25, 0.3) is 0 Å². The molecule has 0 aliphatic rings. The van der Waals surface area contributed by atoms with Crippen LogP contribution in [0.2, 0.25) is 0 Å². The third-order valence-electron chi connectivity index (χ3n) is 4.17. The molecule has 2 N–H and O–H groups in total. The standard InChI is InChI=1S/C19H12Br2N2O2/c20-14-8-10(18(24)16-12(14)3-1-5-22-16)7-11-9-15(21)13-4-2-6-23-17(13)19(11)25/h1-6,8-9,24-25H,7H2. The number of rotatable bonds is 2. The quantitative estimate of drug-likeness (QED) is 0.426. The Kier molecular flexibility index (Phi) is 4.09. The van der Waals surface area contributed by atoms with Crippen LogP contribution in [0.15, 0.2) is 57.7 Å². The van der Waals surface area contributed by atoms with E-state index < -0.39 is 0 Å². The summed E-state index contributed by atoms with van der Waals surface area (Å²) in [6.45, 7) is 0. The fraction of sp³-hybridized carbons (Fsp3) is 0.0526. The van der Waals surface area contributed by atoms with Gasteiger partial charge in [0.1, 0.15) is 22.5 Å². The lowest BCUT2D eigenvalue weighted by Crippen LogP contribution is -1.94. The normalized spacial score (nSPS) is 11.3. The summed E-state index contributed by atoms with van der Waals surface area (Å²) in [5.41, 5.74) is 2.42. The molecule has 6 heteroatoms. The third kappa shape index (κ3) is 2.75. The highest BCUT2D eigenvalue weighted by molar-refractivity contribution is 9.11. The highest BCUT2D eigenvalue weighted by Crippen LogP contribution is 2.38. The van der Waals surface area contributed by atoms with Gasteiger partial charge in [0, 0.05) is 49.7 Å². The second-order valence-corrected chi connectivity index (χ2v) is 7.42. The second kappa shape index (κ2) is 6.28. The van der Waals surface area contributed by atoms with Crippen molar-refractivity contribution in [3.8, 4) is 11.5 Å². The van der Waals surface area contributed by atoms with Crippen LogP contribution >= 0.6 is 31.9 Å². The molecule has 0 saturated carbocycles. The lowest BCUT2D eigenvalue weighted by molar-refractivity contribution is 0.468. The van der Waals surface area contributed by atoms with Gasteiger partial charge >= 0.3 is 0 Å². The molecular formula is C19H12Br2N2O2. The van der Waals surface area contributed by atoms with Gasteiger partial charge in [0.05, 0.1) is 0 Å². The molecule has 0 saturated heterocycles. The largest absolute Gasteiger partial charge is 0.505 e. The molecule has 0 unspecified atom stereocenters. The Balaban J connectivity index is 1.89. The summed E-state index contributed by atoms with van der Waals surface area (Å²) < 4.78 is 1.70. The van der Waals surface area contributed by atoms with Crippen LogP contribution in [-0.4, -0.2) is 20.2 Å². The highest BCUT2D eigenvalue weighted by atomic mass is 79.9. The van der Waals surface area contributed by atoms with Gasteiger partial charge < -0.3 is 10.2 Å². The van der Waals surface area contributed by atoms with Gasteiger partial charge in [-0.25, -0.2) is 0 Å². The Morgan fingerprint density at radius 1 is 0.760 bits per heavy atom. The van der Waals surface area contributed by atoms with E-state index in [0.717, 1.165) is 19.7 Å². The van der Waals surface area contributed by atoms with Crippen LogP contribution in [0.5, 0.6) is 11.5 Å². The minimum Gasteiger partial charge on any atom is -0.505 e. The Morgan fingerprint density at radius 3 is 1.64 bits per heavy atom. The monoisotopic (exact) mass is 458 g/mol. The number of pyridine rings is 2. The minimum absolute atomic E-state index is 0.121. The molecule has 4 nitrogen and oxygen atoms in total. The Bertz CT molecular complexity index is 1040. The van der Waals surface area contributed by atoms with Crippen molar-refractivity contribution in [2.45, 2.75) is 6.42 Å². The summed E-state index contributed by atoms with van der Waals surface area (Å²) >= 11 is 7.07. The molecule has 0 radical (unpaired) electrons. The van der Waals surface area contributed by atoms with Gasteiger partial charge in [-0.05, 0) is 24.3 Å². The first-order chi connectivity index (χ1) is 12.1. The summed E-state index contributed by atoms with van der Waals surface area (Å²) in [7, 11) is 0. The molecule has 2 heterocycles. The molecule has 25 heavy (non-hydrogen) atoms. The van der Waals surface area contributed by atoms with Crippen LogP contribution in [-0.2, 0) is 6.42 Å². The molecular weight excluding hydrogens is 448 g/mol. The van der Waals surface area contributed by atoms with Crippen molar-refractivity contribution in [2.75, 3.05) is 0 Å². The SMILES string of the molecule is Oc1c(Cc2cc(Br)c3cccnc3c2O)cc(Br)c2cccnc12. The highest BCUT2D eigenvalue weighted by Gasteiger charge is 2.16. The number of aromatic nitrogens is 2. The number of hydrogen-bond donors (Lipinski definition) is 2. The molecule has 0 aliphatic carbocycles. The number of fused-ring (bicyclic) bond motifs is 2. The molecule has 0 aliphatic heterocycles. The van der Waals surface area contributed by atoms with E-state index in [0.29, 0.717) is 28.6 Å². The van der Waals surface area contributed by atoms with Gasteiger partial charge in [0.2, 0.25) is 0 Å². The first-order valence-corrected chi connectivity index (χ1v) is 9.15. The Labute approximate surface area is 160 Å². The summed E-state index contributed by atoms with van der Waals surface area (Å²) in [5, 5.41) is 22.9. The van der Waals surface area contributed by atoms with E-state index in [1.54, 1.807) is 12.4 Å². The maximum Gasteiger partial charge on any atom is 0.145 e. The lowest BCUT2D eigenvalue weighted by atomic mass is 9.99. The number of hydrogen-bond acceptors (Lipinski definition) is 4. The van der Waals surface area contributed by atoms with Crippen molar-refractivity contribution in [3.63, 3.8) is 0 Å². The van der Waals surface area contributed by atoms with Crippen LogP contribution in [0.4, 0.5) is 0 Å². The van der Waals surface area contributed by atoms with Crippen molar-refractivity contribution in [3.05, 3.63) is 68.9 Å². The minimum atomic E-state index is 0.121. The molecule has 4 rings (SSSR count). The summed E-state index contributed by atoms with van der Waals surface area (Å²) in [4.78, 5) is 8.54. The molecule has 0 atom stereocenters. The zero-order valence-electron chi connectivity index (χ0n) is 12.9. The fourth-order valence-electron chi connectivity index (χ4n) is 2.95. The summed E-state index contributed by atoms with van der Waals surface area (Å²) in [5.74, 6) is 0.242. The van der Waals surface area contributed by atoms with Crippen molar-refractivity contribution < 1.29 is 10.2 Å². The molecule has 0 spiro atoms. The molecule has 0 amide bonds. The van der Waals surface area contributed by atoms with Crippen LogP contribution in [0.25, 0.3) is 21.8 Å². The van der Waals surface area contributed by atoms with Crippen molar-refractivity contribution >= 4 is 53.7 Å². The molecule has 2 aromatic carbocycles. The average molecular weight is 460 g/mol. The maximum absolute atomic E-state index is 10.6. The van der Waals surface area contributed by atoms with Crippen molar-refractivity contribution in [1.82, 2.24) is 9.97 Å². The first-order valence-electron chi connectivity index (χ1n) is 7.56. The molecule has 4 aromatic rings. The average Bonchev–Trinajstić information content (AvgIpc) is 2.64. The van der Waals surface area contributed by atoms with Crippen molar-refractivity contribution in [1.29, 1.82) is 0 Å². The number of benzene rings is 2. The fourth-order valence-corrected chi connectivity index (χ4v) is 4.14. The smallest absolute Gasteiger partial charge is 0.145 e. The van der Waals surface area contributed by atoms with E-state index >= 15 is 0 Å². The summed E-state index contributed by atoms with van der Waals surface area (Å²) in [6.07, 6.45) is 3.65. The predicted octanol–water partition coefficient (Wildman–Crippen LogP) is 5.31. The summed E-state index contributed by atoms with van der Waals surface area (Å²) in [6, 6.07) is 11.1. The van der Waals surface area contributed by atoms with Crippen LogP contribution < -0.4 is 0 Å². The number of aromatic hydroxyl groups is 2. The molecule has 0 bridgehead atoms. The second-order valence-electron chi connectivity index (χ2n) is 5.71. The Morgan fingerprint density at radius 2 is 1.20 bits per heavy atom. The van der Waals surface area contributed by atoms with E-state index in [1.807, 2.05) is 36.4 Å².